The van der Waals surface area contributed by atoms with Crippen molar-refractivity contribution in [2.24, 2.45) is 5.41 Å². The summed E-state index contributed by atoms with van der Waals surface area (Å²) in [6, 6.07) is 8.06. The van der Waals surface area contributed by atoms with E-state index >= 15 is 0 Å². The summed E-state index contributed by atoms with van der Waals surface area (Å²) in [6.45, 7) is 8.22. The predicted molar refractivity (Wildman–Crippen MR) is 99.6 cm³/mol. The number of hydrogen-bond acceptors (Lipinski definition) is 5. The van der Waals surface area contributed by atoms with Crippen molar-refractivity contribution in [3.8, 4) is 5.69 Å². The molecule has 1 aliphatic carbocycles. The topological polar surface area (TPSA) is 85.8 Å². The van der Waals surface area contributed by atoms with Gasteiger partial charge in [-0.05, 0) is 48.9 Å². The fraction of sp³-hybridized carbons (Fsp3) is 0.400. The summed E-state index contributed by atoms with van der Waals surface area (Å²) in [5.74, 6) is -0.272. The summed E-state index contributed by atoms with van der Waals surface area (Å²) < 4.78 is 6.67. The third-order valence-electron chi connectivity index (χ3n) is 5.20. The first-order chi connectivity index (χ1) is 12.9. The van der Waals surface area contributed by atoms with Crippen LogP contribution in [0, 0.1) is 19.3 Å². The van der Waals surface area contributed by atoms with Crippen LogP contribution in [0.3, 0.4) is 0 Å². The van der Waals surface area contributed by atoms with E-state index in [2.05, 4.69) is 58.3 Å². The number of aryl methyl sites for hydroxylation is 2. The molecule has 0 bridgehead atoms. The number of carbonyl (C=O) groups is 1. The normalized spacial score (nSPS) is 18.1. The van der Waals surface area contributed by atoms with E-state index in [4.69, 9.17) is 0 Å². The Morgan fingerprint density at radius 1 is 1.26 bits per heavy atom. The number of rotatable bonds is 3. The minimum atomic E-state index is -0.272. The zero-order valence-corrected chi connectivity index (χ0v) is 16.0. The largest absolute Gasteiger partial charge is 0.344 e. The Kier molecular flexibility index (Phi) is 4.09. The van der Waals surface area contributed by atoms with Gasteiger partial charge in [-0.25, -0.2) is 9.31 Å². The second-order valence-electron chi connectivity index (χ2n) is 8.01. The van der Waals surface area contributed by atoms with Crippen LogP contribution in [0.15, 0.2) is 35.1 Å². The lowest BCUT2D eigenvalue weighted by atomic mass is 9.74. The molecular weight excluding hydrogens is 342 g/mol. The molecule has 0 spiro atoms. The Morgan fingerprint density at radius 3 is 2.74 bits per heavy atom. The van der Waals surface area contributed by atoms with Gasteiger partial charge in [-0.3, -0.25) is 4.79 Å². The molecule has 0 saturated heterocycles. The molecule has 7 heteroatoms. The van der Waals surface area contributed by atoms with Crippen LogP contribution in [0.1, 0.15) is 59.3 Å². The van der Waals surface area contributed by atoms with Crippen LogP contribution in [-0.4, -0.2) is 26.0 Å². The van der Waals surface area contributed by atoms with Crippen molar-refractivity contribution in [2.75, 3.05) is 0 Å². The lowest BCUT2D eigenvalue weighted by molar-refractivity contribution is 0.0909. The van der Waals surface area contributed by atoms with Crippen LogP contribution < -0.4 is 5.32 Å². The van der Waals surface area contributed by atoms with Crippen LogP contribution in [0.2, 0.25) is 0 Å². The number of hydrogen-bond donors (Lipinski definition) is 1. The van der Waals surface area contributed by atoms with Crippen LogP contribution in [-0.2, 0) is 6.42 Å². The van der Waals surface area contributed by atoms with Gasteiger partial charge in [-0.2, -0.15) is 5.10 Å². The molecule has 1 amide bonds. The number of fused-ring (bicyclic) bond motifs is 1. The molecule has 0 radical (unpaired) electrons. The minimum Gasteiger partial charge on any atom is -0.344 e. The lowest BCUT2D eigenvalue weighted by Gasteiger charge is -2.36. The highest BCUT2D eigenvalue weighted by molar-refractivity contribution is 5.93. The van der Waals surface area contributed by atoms with E-state index in [1.54, 1.807) is 6.92 Å². The Balaban J connectivity index is 1.72. The lowest BCUT2D eigenvalue weighted by Crippen LogP contribution is -2.37. The fourth-order valence-corrected chi connectivity index (χ4v) is 3.84. The number of nitrogens with one attached hydrogen (secondary N) is 1. The molecule has 140 valence electrons. The molecule has 1 aliphatic rings. The quantitative estimate of drug-likeness (QED) is 0.769. The van der Waals surface area contributed by atoms with Crippen LogP contribution in [0.5, 0.6) is 0 Å². The Bertz CT molecular complexity index is 1000. The Morgan fingerprint density at radius 2 is 2.04 bits per heavy atom. The molecule has 1 atom stereocenters. The molecule has 4 rings (SSSR count). The van der Waals surface area contributed by atoms with E-state index in [-0.39, 0.29) is 23.1 Å². The van der Waals surface area contributed by atoms with Crippen LogP contribution >= 0.6 is 0 Å². The number of carbonyl (C=O) groups excluding carboxylic acids is 1. The number of para-hydroxylation sites is 1. The second-order valence-corrected chi connectivity index (χ2v) is 8.01. The van der Waals surface area contributed by atoms with Crippen molar-refractivity contribution in [2.45, 2.75) is 46.6 Å². The highest BCUT2D eigenvalue weighted by atomic mass is 16.6. The fourth-order valence-electron chi connectivity index (χ4n) is 3.84. The van der Waals surface area contributed by atoms with Crippen molar-refractivity contribution in [1.82, 2.24) is 25.4 Å². The van der Waals surface area contributed by atoms with E-state index in [9.17, 15) is 4.79 Å². The van der Waals surface area contributed by atoms with Gasteiger partial charge in [0.1, 0.15) is 5.69 Å². The van der Waals surface area contributed by atoms with Gasteiger partial charge >= 0.3 is 0 Å². The minimum absolute atomic E-state index is 0.0303. The van der Waals surface area contributed by atoms with Crippen molar-refractivity contribution in [3.05, 3.63) is 58.7 Å². The smallest absolute Gasteiger partial charge is 0.275 e. The first-order valence-electron chi connectivity index (χ1n) is 9.08. The zero-order valence-electron chi connectivity index (χ0n) is 16.0. The molecule has 7 nitrogen and oxygen atoms in total. The molecule has 1 unspecified atom stereocenters. The van der Waals surface area contributed by atoms with E-state index < -0.39 is 0 Å². The van der Waals surface area contributed by atoms with Crippen molar-refractivity contribution >= 4 is 5.91 Å². The summed E-state index contributed by atoms with van der Waals surface area (Å²) in [4.78, 5) is 12.6. The van der Waals surface area contributed by atoms with Crippen molar-refractivity contribution in [3.63, 3.8) is 0 Å². The summed E-state index contributed by atoms with van der Waals surface area (Å²) in [5.41, 5.74) is 5.17. The standard InChI is InChI=1S/C20H23N5O2/c1-12-7-5-6-8-16(12)25-17-10-20(3,4)9-15(14(17)11-21-25)22-19(26)18-13(2)23-27-24-18/h5-8,11,15H,9-10H2,1-4H3,(H,22,26). The monoisotopic (exact) mass is 365 g/mol. The van der Waals surface area contributed by atoms with E-state index in [0.717, 1.165) is 35.3 Å². The second kappa shape index (κ2) is 6.33. The van der Waals surface area contributed by atoms with Gasteiger partial charge in [0.15, 0.2) is 5.69 Å². The number of nitrogens with zero attached hydrogens (tertiary/aromatic N) is 4. The maximum Gasteiger partial charge on any atom is 0.275 e. The first-order valence-corrected chi connectivity index (χ1v) is 9.08. The summed E-state index contributed by atoms with van der Waals surface area (Å²) in [7, 11) is 0. The van der Waals surface area contributed by atoms with Gasteiger partial charge in [0, 0.05) is 5.56 Å². The van der Waals surface area contributed by atoms with Crippen LogP contribution in [0.25, 0.3) is 5.69 Å². The van der Waals surface area contributed by atoms with Gasteiger partial charge in [0.25, 0.3) is 5.91 Å². The molecule has 1 aromatic carbocycles. The summed E-state index contributed by atoms with van der Waals surface area (Å²) >= 11 is 0. The first kappa shape index (κ1) is 17.5. The number of amides is 1. The Labute approximate surface area is 157 Å². The maximum absolute atomic E-state index is 12.6. The van der Waals surface area contributed by atoms with E-state index in [1.165, 1.54) is 0 Å². The summed E-state index contributed by atoms with van der Waals surface area (Å²) in [5, 5.41) is 15.2. The third-order valence-corrected chi connectivity index (χ3v) is 5.20. The van der Waals surface area contributed by atoms with Gasteiger partial charge in [0.05, 0.1) is 23.6 Å². The van der Waals surface area contributed by atoms with Crippen molar-refractivity contribution < 1.29 is 9.42 Å². The molecule has 2 heterocycles. The van der Waals surface area contributed by atoms with Gasteiger partial charge < -0.3 is 5.32 Å². The molecule has 1 N–H and O–H groups in total. The van der Waals surface area contributed by atoms with Gasteiger partial charge in [-0.15, -0.1) is 0 Å². The van der Waals surface area contributed by atoms with E-state index in [1.807, 2.05) is 23.0 Å². The Hall–Kier alpha value is -2.96. The zero-order chi connectivity index (χ0) is 19.2. The maximum atomic E-state index is 12.6. The molecule has 0 fully saturated rings. The third kappa shape index (κ3) is 3.13. The van der Waals surface area contributed by atoms with E-state index in [0.29, 0.717) is 5.69 Å². The van der Waals surface area contributed by atoms with Gasteiger partial charge in [0.2, 0.25) is 0 Å². The number of aromatic nitrogens is 4. The highest BCUT2D eigenvalue weighted by Crippen LogP contribution is 2.41. The molecule has 27 heavy (non-hydrogen) atoms. The molecular formula is C20H23N5O2. The molecule has 0 aliphatic heterocycles. The average Bonchev–Trinajstić information content (AvgIpc) is 3.20. The van der Waals surface area contributed by atoms with Gasteiger partial charge in [-0.1, -0.05) is 37.2 Å². The molecule has 3 aromatic rings. The summed E-state index contributed by atoms with van der Waals surface area (Å²) in [6.07, 6.45) is 3.60. The number of benzene rings is 1. The molecule has 0 saturated carbocycles. The van der Waals surface area contributed by atoms with Crippen LogP contribution in [0.4, 0.5) is 0 Å². The average molecular weight is 365 g/mol. The van der Waals surface area contributed by atoms with Crippen molar-refractivity contribution in [1.29, 1.82) is 0 Å². The highest BCUT2D eigenvalue weighted by Gasteiger charge is 2.36. The predicted octanol–water partition coefficient (Wildman–Crippen LogP) is 3.32. The SMILES string of the molecule is Cc1ccccc1-n1ncc2c1CC(C)(C)CC2NC(=O)c1nonc1C. The molecule has 2 aromatic heterocycles.